The average Bonchev–Trinajstić information content (AvgIpc) is 2.90. The van der Waals surface area contributed by atoms with Gasteiger partial charge < -0.3 is 5.32 Å². The zero-order valence-corrected chi connectivity index (χ0v) is 22.4. The molecule has 0 bridgehead atoms. The fourth-order valence-electron chi connectivity index (χ4n) is 3.57. The maximum absolute atomic E-state index is 12.9. The van der Waals surface area contributed by atoms with Crippen LogP contribution in [0.2, 0.25) is 0 Å². The van der Waals surface area contributed by atoms with Gasteiger partial charge in [0, 0.05) is 16.9 Å². The molecule has 4 aromatic carbocycles. The van der Waals surface area contributed by atoms with Crippen molar-refractivity contribution in [1.82, 2.24) is 0 Å². The average molecular weight is 590 g/mol. The molecule has 0 spiro atoms. The number of alkyl halides is 3. The maximum Gasteiger partial charge on any atom is 0.416 e. The minimum Gasteiger partial charge on any atom is -0.322 e. The van der Waals surface area contributed by atoms with Gasteiger partial charge in [-0.1, -0.05) is 30.3 Å². The first-order valence-corrected chi connectivity index (χ1v) is 14.5. The largest absolute Gasteiger partial charge is 0.416 e. The molecule has 208 valence electrons. The highest BCUT2D eigenvalue weighted by Gasteiger charge is 2.30. The molecule has 0 aromatic heterocycles. The Morgan fingerprint density at radius 1 is 0.675 bits per heavy atom. The summed E-state index contributed by atoms with van der Waals surface area (Å²) in [4.78, 5) is 12.7. The van der Waals surface area contributed by atoms with Crippen LogP contribution in [0.1, 0.15) is 21.5 Å². The Morgan fingerprint density at radius 2 is 1.30 bits per heavy atom. The molecule has 0 fully saturated rings. The van der Waals surface area contributed by atoms with Gasteiger partial charge in [0.15, 0.2) is 0 Å². The number of anilines is 3. The predicted octanol–water partition coefficient (Wildman–Crippen LogP) is 5.87. The maximum atomic E-state index is 12.9. The van der Waals surface area contributed by atoms with Gasteiger partial charge in [-0.05, 0) is 79.2 Å². The highest BCUT2D eigenvalue weighted by molar-refractivity contribution is 7.93. The van der Waals surface area contributed by atoms with E-state index in [2.05, 4.69) is 14.8 Å². The van der Waals surface area contributed by atoms with Crippen molar-refractivity contribution in [2.75, 3.05) is 14.8 Å². The second-order valence-corrected chi connectivity index (χ2v) is 12.0. The van der Waals surface area contributed by atoms with E-state index in [9.17, 15) is 34.8 Å². The number of carbonyl (C=O) groups is 1. The van der Waals surface area contributed by atoms with Crippen LogP contribution in [0, 0.1) is 6.92 Å². The third-order valence-electron chi connectivity index (χ3n) is 5.66. The van der Waals surface area contributed by atoms with Crippen molar-refractivity contribution in [2.45, 2.75) is 22.9 Å². The van der Waals surface area contributed by atoms with E-state index in [0.29, 0.717) is 11.6 Å². The molecule has 4 aromatic rings. The number of carbonyl (C=O) groups excluding carboxylic acids is 1. The lowest BCUT2D eigenvalue weighted by atomic mass is 10.1. The van der Waals surface area contributed by atoms with Crippen LogP contribution in [0.15, 0.2) is 107 Å². The molecule has 0 atom stereocenters. The number of rotatable bonds is 8. The standard InChI is InChI=1S/C27H22F3N3O5S2/c1-18-10-11-19(16-25(18)33-40(37,38)23-8-3-2-4-9-23)26(34)31-21-12-14-24(15-13-21)39(35,36)32-22-7-5-6-20(17-22)27(28,29)30/h2-17,32-33H,1H3,(H,31,34). The zero-order chi connectivity index (χ0) is 29.1. The molecule has 8 nitrogen and oxygen atoms in total. The predicted molar refractivity (Wildman–Crippen MR) is 145 cm³/mol. The van der Waals surface area contributed by atoms with Crippen LogP contribution < -0.4 is 14.8 Å². The van der Waals surface area contributed by atoms with Gasteiger partial charge in [0.2, 0.25) is 0 Å². The normalized spacial score (nSPS) is 12.0. The smallest absolute Gasteiger partial charge is 0.322 e. The van der Waals surface area contributed by atoms with Crippen LogP contribution >= 0.6 is 0 Å². The molecule has 4 rings (SSSR count). The number of halogens is 3. The Hall–Kier alpha value is -4.36. The summed E-state index contributed by atoms with van der Waals surface area (Å²) in [6.07, 6.45) is -4.63. The molecular formula is C27H22F3N3O5S2. The number of sulfonamides is 2. The van der Waals surface area contributed by atoms with Crippen LogP contribution in [-0.2, 0) is 26.2 Å². The minimum atomic E-state index is -4.63. The summed E-state index contributed by atoms with van der Waals surface area (Å²) in [7, 11) is -8.11. The van der Waals surface area contributed by atoms with Crippen molar-refractivity contribution in [3.63, 3.8) is 0 Å². The topological polar surface area (TPSA) is 121 Å². The van der Waals surface area contributed by atoms with E-state index in [1.807, 2.05) is 0 Å². The van der Waals surface area contributed by atoms with Gasteiger partial charge in [-0.3, -0.25) is 14.2 Å². The lowest BCUT2D eigenvalue weighted by Gasteiger charge is -2.13. The molecule has 0 radical (unpaired) electrons. The second-order valence-electron chi connectivity index (χ2n) is 8.61. The molecule has 3 N–H and O–H groups in total. The Labute approximate surface area is 229 Å². The van der Waals surface area contributed by atoms with Crippen molar-refractivity contribution in [1.29, 1.82) is 0 Å². The molecule has 0 aliphatic heterocycles. The summed E-state index contributed by atoms with van der Waals surface area (Å²) in [5.41, 5.74) is -0.102. The van der Waals surface area contributed by atoms with Gasteiger partial charge in [-0.15, -0.1) is 0 Å². The van der Waals surface area contributed by atoms with E-state index < -0.39 is 37.7 Å². The Bertz CT molecular complexity index is 1760. The van der Waals surface area contributed by atoms with Crippen molar-refractivity contribution < 1.29 is 34.8 Å². The fraction of sp³-hybridized carbons (Fsp3) is 0.0741. The highest BCUT2D eigenvalue weighted by Crippen LogP contribution is 2.31. The van der Waals surface area contributed by atoms with Crippen LogP contribution in [0.3, 0.4) is 0 Å². The van der Waals surface area contributed by atoms with Crippen LogP contribution in [0.25, 0.3) is 0 Å². The highest BCUT2D eigenvalue weighted by atomic mass is 32.2. The zero-order valence-electron chi connectivity index (χ0n) is 20.7. The van der Waals surface area contributed by atoms with E-state index in [1.54, 1.807) is 31.2 Å². The summed E-state index contributed by atoms with van der Waals surface area (Å²) in [6.45, 7) is 1.68. The van der Waals surface area contributed by atoms with Crippen molar-refractivity contribution >= 4 is 43.0 Å². The Balaban J connectivity index is 1.47. The number of amides is 1. The van der Waals surface area contributed by atoms with E-state index in [0.717, 1.165) is 12.1 Å². The molecule has 0 saturated heterocycles. The summed E-state index contributed by atoms with van der Waals surface area (Å²) in [5.74, 6) is -0.585. The Morgan fingerprint density at radius 3 is 1.95 bits per heavy atom. The summed E-state index contributed by atoms with van der Waals surface area (Å²) in [6, 6.07) is 21.0. The molecule has 1 amide bonds. The van der Waals surface area contributed by atoms with Gasteiger partial charge in [-0.2, -0.15) is 13.2 Å². The summed E-state index contributed by atoms with van der Waals surface area (Å²) < 4.78 is 94.1. The SMILES string of the molecule is Cc1ccc(C(=O)Nc2ccc(S(=O)(=O)Nc3cccc(C(F)(F)F)c3)cc2)cc1NS(=O)(=O)c1ccccc1. The molecular weight excluding hydrogens is 567 g/mol. The van der Waals surface area contributed by atoms with Gasteiger partial charge in [-0.25, -0.2) is 16.8 Å². The first kappa shape index (κ1) is 28.6. The quantitative estimate of drug-likeness (QED) is 0.238. The number of aryl methyl sites for hydroxylation is 1. The first-order valence-electron chi connectivity index (χ1n) is 11.5. The molecule has 0 saturated carbocycles. The number of benzene rings is 4. The molecule has 0 aliphatic rings. The van der Waals surface area contributed by atoms with Gasteiger partial charge in [0.25, 0.3) is 26.0 Å². The lowest BCUT2D eigenvalue weighted by Crippen LogP contribution is -2.16. The molecule has 0 unspecified atom stereocenters. The third kappa shape index (κ3) is 6.79. The van der Waals surface area contributed by atoms with Crippen LogP contribution in [0.4, 0.5) is 30.2 Å². The van der Waals surface area contributed by atoms with E-state index in [1.165, 1.54) is 54.6 Å². The minimum absolute atomic E-state index is 0.0573. The van der Waals surface area contributed by atoms with Crippen molar-refractivity contribution in [3.05, 3.63) is 114 Å². The lowest BCUT2D eigenvalue weighted by molar-refractivity contribution is -0.137. The molecule has 40 heavy (non-hydrogen) atoms. The van der Waals surface area contributed by atoms with Gasteiger partial charge >= 0.3 is 6.18 Å². The molecule has 0 aliphatic carbocycles. The van der Waals surface area contributed by atoms with Crippen LogP contribution in [0.5, 0.6) is 0 Å². The monoisotopic (exact) mass is 589 g/mol. The van der Waals surface area contributed by atoms with E-state index in [4.69, 9.17) is 0 Å². The summed E-state index contributed by atoms with van der Waals surface area (Å²) in [5, 5.41) is 2.60. The second kappa shape index (κ2) is 11.0. The van der Waals surface area contributed by atoms with E-state index in [-0.39, 0.29) is 32.4 Å². The molecule has 13 heteroatoms. The summed E-state index contributed by atoms with van der Waals surface area (Å²) >= 11 is 0. The number of hydrogen-bond acceptors (Lipinski definition) is 5. The fourth-order valence-corrected chi connectivity index (χ4v) is 5.76. The Kier molecular flexibility index (Phi) is 7.89. The number of nitrogens with one attached hydrogen (secondary N) is 3. The third-order valence-corrected chi connectivity index (χ3v) is 8.44. The van der Waals surface area contributed by atoms with E-state index >= 15 is 0 Å². The van der Waals surface area contributed by atoms with Gasteiger partial charge in [0.05, 0.1) is 21.0 Å². The molecule has 0 heterocycles. The van der Waals surface area contributed by atoms with Gasteiger partial charge in [0.1, 0.15) is 0 Å². The van der Waals surface area contributed by atoms with Crippen molar-refractivity contribution in [2.24, 2.45) is 0 Å². The number of hydrogen-bond donors (Lipinski definition) is 3. The van der Waals surface area contributed by atoms with Crippen molar-refractivity contribution in [3.8, 4) is 0 Å². The van der Waals surface area contributed by atoms with Crippen LogP contribution in [-0.4, -0.2) is 22.7 Å². The first-order chi connectivity index (χ1) is 18.7.